The van der Waals surface area contributed by atoms with Crippen molar-refractivity contribution >= 4 is 34.2 Å². The lowest BCUT2D eigenvalue weighted by atomic mass is 10.1. The molecule has 20 heteroatoms. The van der Waals surface area contributed by atoms with Gasteiger partial charge in [-0.15, -0.1) is 0 Å². The van der Waals surface area contributed by atoms with Crippen molar-refractivity contribution < 1.29 is 40.1 Å². The van der Waals surface area contributed by atoms with Crippen molar-refractivity contribution in [2.45, 2.75) is 49.1 Å². The molecular weight excluding hydrogens is 552 g/mol. The molecule has 0 spiro atoms. The quantitative estimate of drug-likeness (QED) is 0.109. The van der Waals surface area contributed by atoms with E-state index in [1.165, 1.54) is 28.8 Å². The third kappa shape index (κ3) is 4.70. The Hall–Kier alpha value is -4.02. The fraction of sp³-hybridized carbons (Fsp3) is 0.524. The van der Waals surface area contributed by atoms with Gasteiger partial charge in [0.15, 0.2) is 34.8 Å². The molecule has 11 N–H and O–H groups in total. The Balaban J connectivity index is 0.000000165. The number of nitrogens with zero attached hydrogens (tertiary/aromatic N) is 7. The molecule has 0 radical (unpaired) electrons. The summed E-state index contributed by atoms with van der Waals surface area (Å²) in [5.41, 5.74) is 10.6. The average molecular weight is 581 g/mol. The lowest BCUT2D eigenvalue weighted by Crippen LogP contribution is -2.33. The molecule has 8 atom stereocenters. The van der Waals surface area contributed by atoms with Crippen LogP contribution in [-0.2, 0) is 16.5 Å². The first-order valence-electron chi connectivity index (χ1n) is 12.1. The number of nitrogen functional groups attached to an aromatic ring is 2. The predicted octanol–water partition coefficient (Wildman–Crippen LogP) is -5.36. The van der Waals surface area contributed by atoms with Crippen LogP contribution in [0.5, 0.6) is 0 Å². The molecular formula is C21H28N10O10. The van der Waals surface area contributed by atoms with E-state index in [2.05, 4.69) is 24.9 Å². The summed E-state index contributed by atoms with van der Waals surface area (Å²) in [6.45, 7) is -0.893. The van der Waals surface area contributed by atoms with E-state index in [0.29, 0.717) is 0 Å². The minimum absolute atomic E-state index is 0.0130. The standard InChI is InChI=1S/C11H15N5O5.C10H13N5O5/c1-15-9(20)5-8(14-11(15)12)16(3-13-5)10-7(19)6(18)4(2-17)21-10;11-10-13-7-4(8(19)14-10)12-2-15(7)9-6(18)5(17)3(1-16)20-9/h3-4,6-7,10,17-19H,2H2,1H3,(H2,12,14);2-3,5-6,9,16-18H,1H2,(H3,11,13,14,19)/t4-,6-,7-,10-;3-,5-,6-,9-/m11/s1. The number of fused-ring (bicyclic) bond motifs is 2. The number of aliphatic hydroxyl groups is 6. The van der Waals surface area contributed by atoms with Gasteiger partial charge in [-0.1, -0.05) is 0 Å². The van der Waals surface area contributed by atoms with E-state index >= 15 is 0 Å². The van der Waals surface area contributed by atoms with Crippen LogP contribution in [0.15, 0.2) is 22.2 Å². The van der Waals surface area contributed by atoms with Crippen molar-refractivity contribution in [3.8, 4) is 0 Å². The number of nitrogens with one attached hydrogen (secondary N) is 1. The maximum absolute atomic E-state index is 12.0. The summed E-state index contributed by atoms with van der Waals surface area (Å²) < 4.78 is 14.5. The molecule has 4 aromatic rings. The highest BCUT2D eigenvalue weighted by Gasteiger charge is 2.45. The van der Waals surface area contributed by atoms with E-state index in [0.717, 1.165) is 4.57 Å². The largest absolute Gasteiger partial charge is 0.394 e. The van der Waals surface area contributed by atoms with Gasteiger partial charge in [0.05, 0.1) is 25.9 Å². The van der Waals surface area contributed by atoms with Gasteiger partial charge in [-0.05, 0) is 0 Å². The van der Waals surface area contributed by atoms with E-state index in [1.807, 2.05) is 0 Å². The maximum atomic E-state index is 12.0. The molecule has 0 bridgehead atoms. The average Bonchev–Trinajstić information content (AvgIpc) is 3.69. The van der Waals surface area contributed by atoms with E-state index in [4.69, 9.17) is 31.2 Å². The molecule has 0 aliphatic carbocycles. The van der Waals surface area contributed by atoms with Gasteiger partial charge in [0, 0.05) is 7.05 Å². The zero-order valence-corrected chi connectivity index (χ0v) is 21.3. The Morgan fingerprint density at radius 2 is 1.32 bits per heavy atom. The van der Waals surface area contributed by atoms with Gasteiger partial charge in [-0.3, -0.25) is 28.3 Å². The third-order valence-electron chi connectivity index (χ3n) is 6.87. The molecule has 0 aromatic carbocycles. The number of aromatic amines is 1. The van der Waals surface area contributed by atoms with Crippen LogP contribution in [0.2, 0.25) is 0 Å². The van der Waals surface area contributed by atoms with Crippen LogP contribution >= 0.6 is 0 Å². The van der Waals surface area contributed by atoms with Crippen molar-refractivity contribution in [2.24, 2.45) is 7.05 Å². The summed E-state index contributed by atoms with van der Waals surface area (Å²) in [6.07, 6.45) is -6.41. The molecule has 4 aromatic heterocycles. The van der Waals surface area contributed by atoms with Crippen LogP contribution in [-0.4, -0.2) is 119 Å². The molecule has 2 saturated heterocycles. The number of ether oxygens (including phenoxy) is 2. The van der Waals surface area contributed by atoms with Gasteiger partial charge in [0.2, 0.25) is 11.9 Å². The van der Waals surface area contributed by atoms with Crippen molar-refractivity contribution in [3.63, 3.8) is 0 Å². The van der Waals surface area contributed by atoms with E-state index in [-0.39, 0.29) is 34.2 Å². The summed E-state index contributed by atoms with van der Waals surface area (Å²) in [6, 6.07) is 0. The highest BCUT2D eigenvalue weighted by molar-refractivity contribution is 5.71. The first-order chi connectivity index (χ1) is 19.5. The number of rotatable bonds is 4. The van der Waals surface area contributed by atoms with Crippen molar-refractivity contribution in [2.75, 3.05) is 24.7 Å². The number of imidazole rings is 2. The third-order valence-corrected chi connectivity index (χ3v) is 6.87. The fourth-order valence-electron chi connectivity index (χ4n) is 4.60. The molecule has 6 heterocycles. The normalized spacial score (nSPS) is 29.7. The molecule has 6 rings (SSSR count). The SMILES string of the molecule is Cn1c(N)nc2c(ncn2[C@@H]2O[C@H](CO)[C@@H](O)[C@H]2O)c1=O.Nc1nc2c(ncn2[C@@H]2O[C@H](CO)[C@@H](O)[C@H]2O)c(=O)[nH]1. The lowest BCUT2D eigenvalue weighted by molar-refractivity contribution is -0.0511. The lowest BCUT2D eigenvalue weighted by Gasteiger charge is -2.16. The van der Waals surface area contributed by atoms with Gasteiger partial charge in [-0.2, -0.15) is 9.97 Å². The Morgan fingerprint density at radius 3 is 1.80 bits per heavy atom. The summed E-state index contributed by atoms with van der Waals surface area (Å²) in [5.74, 6) is -0.114. The van der Waals surface area contributed by atoms with Crippen LogP contribution < -0.4 is 22.6 Å². The molecule has 2 aliphatic heterocycles. The first kappa shape index (κ1) is 28.5. The highest BCUT2D eigenvalue weighted by atomic mass is 16.6. The van der Waals surface area contributed by atoms with Crippen molar-refractivity contribution in [3.05, 3.63) is 33.4 Å². The topological polar surface area (TPSA) is 308 Å². The number of hydrogen-bond acceptors (Lipinski definition) is 16. The number of nitrogens with two attached hydrogens (primary N) is 2. The molecule has 0 saturated carbocycles. The molecule has 41 heavy (non-hydrogen) atoms. The number of aliphatic hydroxyl groups excluding tert-OH is 6. The molecule has 222 valence electrons. The monoisotopic (exact) mass is 580 g/mol. The van der Waals surface area contributed by atoms with Crippen LogP contribution in [0, 0.1) is 0 Å². The van der Waals surface area contributed by atoms with E-state index in [9.17, 15) is 30.0 Å². The van der Waals surface area contributed by atoms with E-state index in [1.54, 1.807) is 0 Å². The van der Waals surface area contributed by atoms with Crippen LogP contribution in [0.1, 0.15) is 12.5 Å². The van der Waals surface area contributed by atoms with Gasteiger partial charge >= 0.3 is 0 Å². The Kier molecular flexibility index (Phi) is 7.48. The Morgan fingerprint density at radius 1 is 0.829 bits per heavy atom. The molecule has 2 fully saturated rings. The molecule has 2 aliphatic rings. The van der Waals surface area contributed by atoms with Gasteiger partial charge in [0.25, 0.3) is 11.1 Å². The predicted molar refractivity (Wildman–Crippen MR) is 136 cm³/mol. The van der Waals surface area contributed by atoms with E-state index < -0.39 is 73.4 Å². The zero-order chi connectivity index (χ0) is 29.7. The Bertz CT molecular complexity index is 1680. The van der Waals surface area contributed by atoms with Crippen molar-refractivity contribution in [1.82, 2.24) is 38.6 Å². The molecule has 0 unspecified atom stereocenters. The van der Waals surface area contributed by atoms with Crippen LogP contribution in [0.3, 0.4) is 0 Å². The van der Waals surface area contributed by atoms with Gasteiger partial charge in [-0.25, -0.2) is 9.97 Å². The number of H-pyrrole nitrogens is 1. The minimum Gasteiger partial charge on any atom is -0.394 e. The second-order valence-electron chi connectivity index (χ2n) is 9.39. The summed E-state index contributed by atoms with van der Waals surface area (Å²) >= 11 is 0. The maximum Gasteiger partial charge on any atom is 0.282 e. The second kappa shape index (κ2) is 10.8. The zero-order valence-electron chi connectivity index (χ0n) is 21.3. The fourth-order valence-corrected chi connectivity index (χ4v) is 4.60. The summed E-state index contributed by atoms with van der Waals surface area (Å²) in [4.78, 5) is 41.8. The smallest absolute Gasteiger partial charge is 0.282 e. The first-order valence-corrected chi connectivity index (χ1v) is 12.1. The van der Waals surface area contributed by atoms with Crippen molar-refractivity contribution in [1.29, 1.82) is 0 Å². The summed E-state index contributed by atoms with van der Waals surface area (Å²) in [5, 5.41) is 57.6. The number of hydrogen-bond donors (Lipinski definition) is 9. The van der Waals surface area contributed by atoms with Gasteiger partial charge in [0.1, 0.15) is 36.6 Å². The summed E-state index contributed by atoms with van der Waals surface area (Å²) in [7, 11) is 1.47. The van der Waals surface area contributed by atoms with Crippen LogP contribution in [0.4, 0.5) is 11.9 Å². The van der Waals surface area contributed by atoms with Crippen LogP contribution in [0.25, 0.3) is 22.3 Å². The number of aromatic nitrogens is 8. The molecule has 0 amide bonds. The van der Waals surface area contributed by atoms with Gasteiger partial charge < -0.3 is 51.6 Å². The minimum atomic E-state index is -1.29. The number of anilines is 2. The molecule has 20 nitrogen and oxygen atoms in total. The highest BCUT2D eigenvalue weighted by Crippen LogP contribution is 2.32. The Labute approximate surface area is 227 Å². The second-order valence-corrected chi connectivity index (χ2v) is 9.39.